The van der Waals surface area contributed by atoms with Crippen molar-refractivity contribution < 1.29 is 9.53 Å². The molecule has 2 fully saturated rings. The molecule has 0 unspecified atom stereocenters. The number of piperazine rings is 1. The Morgan fingerprint density at radius 2 is 1.62 bits per heavy atom. The summed E-state index contributed by atoms with van der Waals surface area (Å²) in [7, 11) is 0. The van der Waals surface area contributed by atoms with E-state index in [1.54, 1.807) is 0 Å². The second kappa shape index (κ2) is 10.2. The summed E-state index contributed by atoms with van der Waals surface area (Å²) in [5.41, 5.74) is 5.96. The van der Waals surface area contributed by atoms with Gasteiger partial charge >= 0.3 is 0 Å². The van der Waals surface area contributed by atoms with E-state index in [0.717, 1.165) is 45.6 Å². The van der Waals surface area contributed by atoms with Gasteiger partial charge in [-0.1, -0.05) is 20.8 Å². The molecule has 7 heteroatoms. The molecule has 0 saturated carbocycles. The summed E-state index contributed by atoms with van der Waals surface area (Å²) >= 11 is 0. The maximum Gasteiger partial charge on any atom is 0.230 e. The number of hydrogen-bond donors (Lipinski definition) is 1. The second-order valence-corrected chi connectivity index (χ2v) is 8.04. The smallest absolute Gasteiger partial charge is 0.230 e. The molecule has 0 aliphatic carbocycles. The van der Waals surface area contributed by atoms with Gasteiger partial charge in [0.1, 0.15) is 0 Å². The van der Waals surface area contributed by atoms with Crippen LogP contribution in [0.3, 0.4) is 0 Å². The van der Waals surface area contributed by atoms with E-state index in [4.69, 9.17) is 10.5 Å². The van der Waals surface area contributed by atoms with E-state index in [-0.39, 0.29) is 36.1 Å². The molecule has 5 nitrogen and oxygen atoms in total. The van der Waals surface area contributed by atoms with Crippen molar-refractivity contribution in [2.75, 3.05) is 52.5 Å². The Morgan fingerprint density at radius 1 is 1.08 bits per heavy atom. The monoisotopic (exact) mass is 383 g/mol. The van der Waals surface area contributed by atoms with Crippen LogP contribution in [-0.4, -0.2) is 68.2 Å². The summed E-state index contributed by atoms with van der Waals surface area (Å²) in [4.78, 5) is 17.4. The van der Waals surface area contributed by atoms with Crippen LogP contribution in [0.5, 0.6) is 0 Å². The third-order valence-corrected chi connectivity index (χ3v) is 5.13. The third kappa shape index (κ3) is 6.34. The van der Waals surface area contributed by atoms with Gasteiger partial charge in [0.15, 0.2) is 0 Å². The van der Waals surface area contributed by atoms with Crippen molar-refractivity contribution in [2.45, 2.75) is 40.0 Å². The van der Waals surface area contributed by atoms with Gasteiger partial charge in [0.05, 0.1) is 5.41 Å². The van der Waals surface area contributed by atoms with Gasteiger partial charge in [-0.25, -0.2) is 0 Å². The molecule has 2 N–H and O–H groups in total. The Balaban J connectivity index is 0.00000264. The zero-order chi connectivity index (χ0) is 16.2. The molecule has 2 saturated heterocycles. The number of carbonyl (C=O) groups is 1. The molecule has 0 radical (unpaired) electrons. The van der Waals surface area contributed by atoms with Crippen LogP contribution in [0, 0.1) is 10.8 Å². The molecule has 2 aliphatic rings. The minimum Gasteiger partial charge on any atom is -0.381 e. The van der Waals surface area contributed by atoms with Crippen molar-refractivity contribution in [3.8, 4) is 0 Å². The Bertz CT molecular complexity index is 375. The van der Waals surface area contributed by atoms with Gasteiger partial charge in [-0.2, -0.15) is 0 Å². The largest absolute Gasteiger partial charge is 0.381 e. The van der Waals surface area contributed by atoms with Crippen LogP contribution in [0.1, 0.15) is 40.0 Å². The summed E-state index contributed by atoms with van der Waals surface area (Å²) in [6.45, 7) is 13.4. The first-order valence-electron chi connectivity index (χ1n) is 8.66. The lowest BCUT2D eigenvalue weighted by molar-refractivity contribution is -0.149. The number of nitrogens with zero attached hydrogens (tertiary/aromatic N) is 2. The summed E-state index contributed by atoms with van der Waals surface area (Å²) in [5.74, 6) is 0.258. The summed E-state index contributed by atoms with van der Waals surface area (Å²) in [5, 5.41) is 0. The molecule has 0 bridgehead atoms. The predicted octanol–water partition coefficient (Wildman–Crippen LogP) is 2.17. The first kappa shape index (κ1) is 23.9. The number of ether oxygens (including phenoxy) is 1. The zero-order valence-corrected chi connectivity index (χ0v) is 17.0. The average molecular weight is 384 g/mol. The molecular formula is C17H35Cl2N3O2. The molecule has 0 aromatic carbocycles. The van der Waals surface area contributed by atoms with Crippen molar-refractivity contribution in [3.05, 3.63) is 0 Å². The molecule has 1 amide bonds. The van der Waals surface area contributed by atoms with E-state index in [1.165, 1.54) is 6.42 Å². The van der Waals surface area contributed by atoms with Gasteiger partial charge in [-0.05, 0) is 31.2 Å². The van der Waals surface area contributed by atoms with Crippen molar-refractivity contribution in [2.24, 2.45) is 16.6 Å². The van der Waals surface area contributed by atoms with Crippen molar-refractivity contribution in [1.29, 1.82) is 0 Å². The third-order valence-electron chi connectivity index (χ3n) is 5.13. The van der Waals surface area contributed by atoms with E-state index in [9.17, 15) is 4.79 Å². The lowest BCUT2D eigenvalue weighted by Gasteiger charge is -2.42. The van der Waals surface area contributed by atoms with Crippen LogP contribution in [0.4, 0.5) is 0 Å². The number of hydrogen-bond acceptors (Lipinski definition) is 4. The lowest BCUT2D eigenvalue weighted by Crippen LogP contribution is -2.56. The number of amides is 1. The van der Waals surface area contributed by atoms with Gasteiger partial charge in [0, 0.05) is 45.9 Å². The van der Waals surface area contributed by atoms with Crippen molar-refractivity contribution >= 4 is 30.7 Å². The second-order valence-electron chi connectivity index (χ2n) is 8.04. The van der Waals surface area contributed by atoms with Crippen LogP contribution >= 0.6 is 24.8 Å². The Hall–Kier alpha value is -0.0700. The first-order chi connectivity index (χ1) is 10.4. The molecule has 144 valence electrons. The Morgan fingerprint density at radius 3 is 2.08 bits per heavy atom. The number of carbonyl (C=O) groups excluding carboxylic acids is 1. The zero-order valence-electron chi connectivity index (χ0n) is 15.4. The maximum atomic E-state index is 12.9. The highest BCUT2D eigenvalue weighted by atomic mass is 35.5. The fourth-order valence-corrected chi connectivity index (χ4v) is 3.27. The molecule has 2 rings (SSSR count). The van der Waals surface area contributed by atoms with E-state index >= 15 is 0 Å². The van der Waals surface area contributed by atoms with Crippen LogP contribution < -0.4 is 5.73 Å². The number of rotatable bonds is 4. The van der Waals surface area contributed by atoms with E-state index in [2.05, 4.69) is 25.7 Å². The number of halogens is 2. The standard InChI is InChI=1S/C17H33N3O2.2ClH/c1-16(2,3)4-7-19-8-10-20(11-9-19)15(21)17(14-18)5-12-22-13-6-17;;/h4-14,18H2,1-3H3;2*1H. The lowest BCUT2D eigenvalue weighted by atomic mass is 9.78. The molecule has 0 atom stereocenters. The number of nitrogens with two attached hydrogens (primary N) is 1. The molecule has 2 aliphatic heterocycles. The summed E-state index contributed by atoms with van der Waals surface area (Å²) in [6.07, 6.45) is 2.74. The highest BCUT2D eigenvalue weighted by Crippen LogP contribution is 2.32. The quantitative estimate of drug-likeness (QED) is 0.807. The SMILES string of the molecule is CC(C)(C)CCN1CCN(C(=O)C2(CN)CCOCC2)CC1.Cl.Cl. The molecule has 0 spiro atoms. The topological polar surface area (TPSA) is 58.8 Å². The van der Waals surface area contributed by atoms with E-state index in [0.29, 0.717) is 25.2 Å². The van der Waals surface area contributed by atoms with Gasteiger partial charge in [-0.15, -0.1) is 24.8 Å². The highest BCUT2D eigenvalue weighted by molar-refractivity contribution is 5.85. The minimum atomic E-state index is -0.369. The molecule has 2 heterocycles. The molecule has 0 aromatic rings. The van der Waals surface area contributed by atoms with Crippen molar-refractivity contribution in [1.82, 2.24) is 9.80 Å². The molecule has 24 heavy (non-hydrogen) atoms. The van der Waals surface area contributed by atoms with Gasteiger partial charge < -0.3 is 15.4 Å². The van der Waals surface area contributed by atoms with Crippen LogP contribution in [0.2, 0.25) is 0 Å². The fourth-order valence-electron chi connectivity index (χ4n) is 3.27. The fraction of sp³-hybridized carbons (Fsp3) is 0.941. The van der Waals surface area contributed by atoms with E-state index < -0.39 is 0 Å². The Kier molecular flexibility index (Phi) is 10.1. The predicted molar refractivity (Wildman–Crippen MR) is 103 cm³/mol. The van der Waals surface area contributed by atoms with Gasteiger partial charge in [0.25, 0.3) is 0 Å². The van der Waals surface area contributed by atoms with Gasteiger partial charge in [-0.3, -0.25) is 9.69 Å². The first-order valence-corrected chi connectivity index (χ1v) is 8.66. The van der Waals surface area contributed by atoms with Crippen LogP contribution in [0.15, 0.2) is 0 Å². The summed E-state index contributed by atoms with van der Waals surface area (Å²) < 4.78 is 5.41. The van der Waals surface area contributed by atoms with Crippen molar-refractivity contribution in [3.63, 3.8) is 0 Å². The molecular weight excluding hydrogens is 349 g/mol. The van der Waals surface area contributed by atoms with Crippen LogP contribution in [0.25, 0.3) is 0 Å². The maximum absolute atomic E-state index is 12.9. The average Bonchev–Trinajstić information content (AvgIpc) is 2.52. The normalized spacial score (nSPS) is 21.6. The summed E-state index contributed by atoms with van der Waals surface area (Å²) in [6, 6.07) is 0. The Labute approximate surface area is 159 Å². The van der Waals surface area contributed by atoms with Gasteiger partial charge in [0.2, 0.25) is 5.91 Å². The van der Waals surface area contributed by atoms with E-state index in [1.807, 2.05) is 4.90 Å². The highest BCUT2D eigenvalue weighted by Gasteiger charge is 2.42. The minimum absolute atomic E-state index is 0. The van der Waals surface area contributed by atoms with Crippen LogP contribution in [-0.2, 0) is 9.53 Å². The molecule has 0 aromatic heterocycles.